The average molecular weight is 333 g/mol. The molecule has 0 saturated carbocycles. The fourth-order valence-corrected chi connectivity index (χ4v) is 2.57. The van der Waals surface area contributed by atoms with Crippen molar-refractivity contribution in [2.75, 3.05) is 16.8 Å². The lowest BCUT2D eigenvalue weighted by Crippen LogP contribution is -2.40. The van der Waals surface area contributed by atoms with Gasteiger partial charge in [-0.15, -0.1) is 0 Å². The molecule has 0 bridgehead atoms. The number of aliphatic hydroxyl groups excluding tert-OH is 1. The third kappa shape index (κ3) is 4.47. The number of nitrogens with one attached hydrogen (secondary N) is 1. The van der Waals surface area contributed by atoms with Gasteiger partial charge < -0.3 is 15.3 Å². The van der Waals surface area contributed by atoms with Gasteiger partial charge in [0.05, 0.1) is 23.9 Å². The van der Waals surface area contributed by atoms with Crippen molar-refractivity contribution in [3.8, 4) is 0 Å². The Morgan fingerprint density at radius 3 is 2.52 bits per heavy atom. The van der Waals surface area contributed by atoms with E-state index in [0.29, 0.717) is 10.7 Å². The molecule has 0 atom stereocenters. The predicted octanol–water partition coefficient (Wildman–Crippen LogP) is 3.69. The zero-order valence-corrected chi connectivity index (χ0v) is 14.0. The summed E-state index contributed by atoms with van der Waals surface area (Å²) in [5.41, 5.74) is 2.25. The first-order valence-corrected chi connectivity index (χ1v) is 7.91. The van der Waals surface area contributed by atoms with Crippen molar-refractivity contribution >= 4 is 28.9 Å². The minimum atomic E-state index is -0.0675. The molecule has 0 spiro atoms. The number of hydrogen-bond acceptors (Lipinski definition) is 3. The van der Waals surface area contributed by atoms with E-state index in [9.17, 15) is 9.90 Å². The van der Waals surface area contributed by atoms with Crippen molar-refractivity contribution in [2.45, 2.75) is 26.5 Å². The van der Waals surface area contributed by atoms with Gasteiger partial charge in [-0.25, -0.2) is 0 Å². The molecule has 0 fully saturated rings. The lowest BCUT2D eigenvalue weighted by Gasteiger charge is -2.27. The molecule has 5 heteroatoms. The van der Waals surface area contributed by atoms with E-state index in [-0.39, 0.29) is 25.1 Å². The number of halogens is 1. The number of para-hydroxylation sites is 1. The summed E-state index contributed by atoms with van der Waals surface area (Å²) in [6, 6.07) is 14.8. The maximum atomic E-state index is 12.6. The third-order valence-electron chi connectivity index (χ3n) is 3.46. The van der Waals surface area contributed by atoms with Crippen LogP contribution in [-0.2, 0) is 11.4 Å². The van der Waals surface area contributed by atoms with E-state index in [0.717, 1.165) is 11.3 Å². The van der Waals surface area contributed by atoms with Gasteiger partial charge in [-0.05, 0) is 43.7 Å². The highest BCUT2D eigenvalue weighted by molar-refractivity contribution is 6.33. The fourth-order valence-electron chi connectivity index (χ4n) is 2.38. The van der Waals surface area contributed by atoms with E-state index >= 15 is 0 Å². The topological polar surface area (TPSA) is 52.6 Å². The van der Waals surface area contributed by atoms with Crippen LogP contribution >= 0.6 is 11.6 Å². The predicted molar refractivity (Wildman–Crippen MR) is 94.9 cm³/mol. The molecule has 0 aliphatic rings. The fraction of sp³-hybridized carbons (Fsp3) is 0.278. The minimum absolute atomic E-state index is 0.0448. The van der Waals surface area contributed by atoms with E-state index in [1.807, 2.05) is 44.2 Å². The number of rotatable bonds is 6. The Balaban J connectivity index is 2.11. The first-order chi connectivity index (χ1) is 11.0. The van der Waals surface area contributed by atoms with Crippen LogP contribution in [0.15, 0.2) is 48.5 Å². The summed E-state index contributed by atoms with van der Waals surface area (Å²) in [7, 11) is 0. The number of amides is 1. The Hall–Kier alpha value is -2.04. The second-order valence-corrected chi connectivity index (χ2v) is 5.93. The summed E-state index contributed by atoms with van der Waals surface area (Å²) < 4.78 is 0. The molecule has 0 heterocycles. The first-order valence-electron chi connectivity index (χ1n) is 7.53. The largest absolute Gasteiger partial charge is 0.392 e. The summed E-state index contributed by atoms with van der Waals surface area (Å²) >= 11 is 6.13. The molecule has 0 radical (unpaired) electrons. The van der Waals surface area contributed by atoms with Crippen LogP contribution in [0, 0.1) is 0 Å². The van der Waals surface area contributed by atoms with E-state index in [2.05, 4.69) is 5.32 Å². The van der Waals surface area contributed by atoms with E-state index in [1.54, 1.807) is 23.1 Å². The zero-order valence-electron chi connectivity index (χ0n) is 13.3. The summed E-state index contributed by atoms with van der Waals surface area (Å²) in [4.78, 5) is 14.3. The Morgan fingerprint density at radius 1 is 1.22 bits per heavy atom. The monoisotopic (exact) mass is 332 g/mol. The molecule has 122 valence electrons. The lowest BCUT2D eigenvalue weighted by atomic mass is 10.2. The third-order valence-corrected chi connectivity index (χ3v) is 3.79. The molecule has 1 amide bonds. The van der Waals surface area contributed by atoms with E-state index < -0.39 is 0 Å². The number of anilines is 2. The lowest BCUT2D eigenvalue weighted by molar-refractivity contribution is -0.117. The number of hydrogen-bond donors (Lipinski definition) is 2. The number of carbonyl (C=O) groups is 1. The Bertz CT molecular complexity index is 659. The van der Waals surface area contributed by atoms with Crippen molar-refractivity contribution in [1.82, 2.24) is 0 Å². The van der Waals surface area contributed by atoms with Crippen LogP contribution in [-0.4, -0.2) is 23.6 Å². The highest BCUT2D eigenvalue weighted by Gasteiger charge is 2.18. The van der Waals surface area contributed by atoms with Crippen molar-refractivity contribution in [3.05, 3.63) is 59.1 Å². The van der Waals surface area contributed by atoms with Gasteiger partial charge in [0, 0.05) is 11.7 Å². The van der Waals surface area contributed by atoms with Crippen molar-refractivity contribution in [2.24, 2.45) is 0 Å². The Morgan fingerprint density at radius 2 is 1.91 bits per heavy atom. The van der Waals surface area contributed by atoms with Crippen LogP contribution in [0.5, 0.6) is 0 Å². The maximum absolute atomic E-state index is 12.6. The maximum Gasteiger partial charge on any atom is 0.246 e. The summed E-state index contributed by atoms with van der Waals surface area (Å²) in [6.07, 6.45) is 0. The number of carbonyl (C=O) groups excluding carboxylic acids is 1. The smallest absolute Gasteiger partial charge is 0.246 e. The van der Waals surface area contributed by atoms with Gasteiger partial charge in [0.15, 0.2) is 0 Å². The average Bonchev–Trinajstić information content (AvgIpc) is 2.55. The van der Waals surface area contributed by atoms with Crippen molar-refractivity contribution in [1.29, 1.82) is 0 Å². The Kier molecular flexibility index (Phi) is 6.02. The zero-order chi connectivity index (χ0) is 16.8. The van der Waals surface area contributed by atoms with E-state index in [1.165, 1.54) is 0 Å². The van der Waals surface area contributed by atoms with Gasteiger partial charge in [-0.1, -0.05) is 35.9 Å². The van der Waals surface area contributed by atoms with Crippen LogP contribution in [0.1, 0.15) is 19.4 Å². The molecular formula is C18H21ClN2O2. The van der Waals surface area contributed by atoms with Crippen LogP contribution in [0.25, 0.3) is 0 Å². The van der Waals surface area contributed by atoms with Gasteiger partial charge in [0.25, 0.3) is 0 Å². The molecule has 0 aromatic heterocycles. The summed E-state index contributed by atoms with van der Waals surface area (Å²) in [5.74, 6) is -0.0448. The molecule has 2 aromatic rings. The highest BCUT2D eigenvalue weighted by atomic mass is 35.5. The standard InChI is InChI=1S/C18H21ClN2O2/c1-13(2)21(15-6-4-3-5-7-15)18(23)11-20-17-10-14(12-22)8-9-16(17)19/h3-10,13,20,22H,11-12H2,1-2H3. The van der Waals surface area contributed by atoms with Gasteiger partial charge in [-0.3, -0.25) is 4.79 Å². The highest BCUT2D eigenvalue weighted by Crippen LogP contribution is 2.23. The normalized spacial score (nSPS) is 10.7. The quantitative estimate of drug-likeness (QED) is 0.848. The van der Waals surface area contributed by atoms with Crippen molar-refractivity contribution < 1.29 is 9.90 Å². The van der Waals surface area contributed by atoms with Crippen LogP contribution < -0.4 is 10.2 Å². The van der Waals surface area contributed by atoms with Gasteiger partial charge in [0.2, 0.25) is 5.91 Å². The molecular weight excluding hydrogens is 312 g/mol. The molecule has 0 unspecified atom stereocenters. The number of benzene rings is 2. The molecule has 0 saturated heterocycles. The van der Waals surface area contributed by atoms with E-state index in [4.69, 9.17) is 11.6 Å². The van der Waals surface area contributed by atoms with Gasteiger partial charge in [-0.2, -0.15) is 0 Å². The molecule has 2 aromatic carbocycles. The van der Waals surface area contributed by atoms with Gasteiger partial charge >= 0.3 is 0 Å². The van der Waals surface area contributed by atoms with Gasteiger partial charge in [0.1, 0.15) is 0 Å². The summed E-state index contributed by atoms with van der Waals surface area (Å²) in [5, 5.41) is 12.8. The van der Waals surface area contributed by atoms with Crippen LogP contribution in [0.4, 0.5) is 11.4 Å². The molecule has 4 nitrogen and oxygen atoms in total. The second kappa shape index (κ2) is 7.99. The first kappa shape index (κ1) is 17.3. The molecule has 23 heavy (non-hydrogen) atoms. The molecule has 2 N–H and O–H groups in total. The Labute approximate surface area is 141 Å². The van der Waals surface area contributed by atoms with Crippen molar-refractivity contribution in [3.63, 3.8) is 0 Å². The SMILES string of the molecule is CC(C)N(C(=O)CNc1cc(CO)ccc1Cl)c1ccccc1. The minimum Gasteiger partial charge on any atom is -0.392 e. The number of nitrogens with zero attached hydrogens (tertiary/aromatic N) is 1. The summed E-state index contributed by atoms with van der Waals surface area (Å²) in [6.45, 7) is 4.01. The van der Waals surface area contributed by atoms with Crippen LogP contribution in [0.2, 0.25) is 5.02 Å². The second-order valence-electron chi connectivity index (χ2n) is 5.52. The molecule has 0 aliphatic heterocycles. The van der Waals surface area contributed by atoms with Crippen LogP contribution in [0.3, 0.4) is 0 Å². The number of aliphatic hydroxyl groups is 1. The molecule has 2 rings (SSSR count). The molecule has 0 aliphatic carbocycles.